The van der Waals surface area contributed by atoms with Crippen LogP contribution in [0.15, 0.2) is 48.8 Å². The van der Waals surface area contributed by atoms with E-state index in [1.54, 1.807) is 6.92 Å². The predicted octanol–water partition coefficient (Wildman–Crippen LogP) is 2.94. The zero-order valence-corrected chi connectivity index (χ0v) is 14.1. The van der Waals surface area contributed by atoms with Crippen LogP contribution in [0.4, 0.5) is 5.69 Å². The molecule has 0 unspecified atom stereocenters. The normalized spacial score (nSPS) is 13.0. The smallest absolute Gasteiger partial charge is 0.226 e. The van der Waals surface area contributed by atoms with E-state index in [0.29, 0.717) is 6.42 Å². The maximum Gasteiger partial charge on any atom is 0.226 e. The van der Waals surface area contributed by atoms with Crippen LogP contribution in [-0.4, -0.2) is 18.2 Å². The average Bonchev–Trinajstić information content (AvgIpc) is 3.02. The molecule has 0 saturated carbocycles. The lowest BCUT2D eigenvalue weighted by Crippen LogP contribution is -2.32. The van der Waals surface area contributed by atoms with Crippen molar-refractivity contribution >= 4 is 17.4 Å². The van der Waals surface area contributed by atoms with Crippen LogP contribution >= 0.6 is 0 Å². The SMILES string of the molecule is CC(=O)c1ccc2c(c1)CCN2C(=O)CCCC[n+]1ccccc1. The number of hydrogen-bond acceptors (Lipinski definition) is 2. The van der Waals surface area contributed by atoms with Gasteiger partial charge in [-0.2, -0.15) is 0 Å². The van der Waals surface area contributed by atoms with Gasteiger partial charge < -0.3 is 4.90 Å². The van der Waals surface area contributed by atoms with Crippen molar-refractivity contribution in [1.29, 1.82) is 0 Å². The second kappa shape index (κ2) is 7.39. The topological polar surface area (TPSA) is 41.3 Å². The Hall–Kier alpha value is -2.49. The van der Waals surface area contributed by atoms with Gasteiger partial charge in [0.25, 0.3) is 0 Å². The number of ketones is 1. The summed E-state index contributed by atoms with van der Waals surface area (Å²) in [5, 5.41) is 0. The van der Waals surface area contributed by atoms with E-state index in [9.17, 15) is 9.59 Å². The van der Waals surface area contributed by atoms with Crippen molar-refractivity contribution in [3.63, 3.8) is 0 Å². The van der Waals surface area contributed by atoms with E-state index in [2.05, 4.69) is 4.57 Å². The number of carbonyl (C=O) groups is 2. The molecule has 0 saturated heterocycles. The highest BCUT2D eigenvalue weighted by molar-refractivity contribution is 5.98. The van der Waals surface area contributed by atoms with E-state index in [1.807, 2.05) is 53.7 Å². The molecule has 4 heteroatoms. The highest BCUT2D eigenvalue weighted by atomic mass is 16.2. The van der Waals surface area contributed by atoms with Gasteiger partial charge in [0.05, 0.1) is 0 Å². The molecule has 1 aliphatic heterocycles. The third kappa shape index (κ3) is 3.70. The van der Waals surface area contributed by atoms with E-state index < -0.39 is 0 Å². The summed E-state index contributed by atoms with van der Waals surface area (Å²) in [6.45, 7) is 3.24. The second-order valence-electron chi connectivity index (χ2n) is 6.27. The minimum atomic E-state index is 0.0704. The number of aryl methyl sites for hydroxylation is 1. The molecule has 124 valence electrons. The fourth-order valence-electron chi connectivity index (χ4n) is 3.17. The Morgan fingerprint density at radius 3 is 2.67 bits per heavy atom. The summed E-state index contributed by atoms with van der Waals surface area (Å²) in [7, 11) is 0. The Morgan fingerprint density at radius 1 is 1.12 bits per heavy atom. The summed E-state index contributed by atoms with van der Waals surface area (Å²) in [6, 6.07) is 11.7. The molecule has 2 aromatic rings. The maximum absolute atomic E-state index is 12.5. The number of Topliss-reactive ketones (excluding diaryl/α,β-unsaturated/α-hetero) is 1. The van der Waals surface area contributed by atoms with Gasteiger partial charge in [-0.25, -0.2) is 4.57 Å². The van der Waals surface area contributed by atoms with Gasteiger partial charge in [-0.05, 0) is 43.5 Å². The molecule has 2 heterocycles. The van der Waals surface area contributed by atoms with Crippen LogP contribution < -0.4 is 9.47 Å². The monoisotopic (exact) mass is 323 g/mol. The molecule has 1 amide bonds. The lowest BCUT2D eigenvalue weighted by Gasteiger charge is -2.17. The fourth-order valence-corrected chi connectivity index (χ4v) is 3.17. The number of carbonyl (C=O) groups excluding carboxylic acids is 2. The predicted molar refractivity (Wildman–Crippen MR) is 93.0 cm³/mol. The largest absolute Gasteiger partial charge is 0.312 e. The Labute approximate surface area is 142 Å². The number of rotatable bonds is 6. The lowest BCUT2D eigenvalue weighted by atomic mass is 10.1. The highest BCUT2D eigenvalue weighted by Crippen LogP contribution is 2.29. The summed E-state index contributed by atoms with van der Waals surface area (Å²) in [6.07, 6.45) is 7.38. The number of anilines is 1. The first-order chi connectivity index (χ1) is 11.6. The number of unbranched alkanes of at least 4 members (excludes halogenated alkanes) is 1. The molecular formula is C20H23N2O2+. The van der Waals surface area contributed by atoms with Gasteiger partial charge in [-0.15, -0.1) is 0 Å². The first kappa shape index (κ1) is 16.4. The Kier molecular flexibility index (Phi) is 5.04. The number of benzene rings is 1. The van der Waals surface area contributed by atoms with Crippen molar-refractivity contribution in [2.45, 2.75) is 39.2 Å². The number of nitrogens with zero attached hydrogens (tertiary/aromatic N) is 2. The van der Waals surface area contributed by atoms with E-state index >= 15 is 0 Å². The van der Waals surface area contributed by atoms with Crippen LogP contribution in [0.5, 0.6) is 0 Å². The molecule has 0 spiro atoms. The molecule has 0 bridgehead atoms. The van der Waals surface area contributed by atoms with Crippen molar-refractivity contribution in [2.24, 2.45) is 0 Å². The number of aromatic nitrogens is 1. The number of amides is 1. The molecule has 0 N–H and O–H groups in total. The van der Waals surface area contributed by atoms with Crippen molar-refractivity contribution < 1.29 is 14.2 Å². The van der Waals surface area contributed by atoms with Gasteiger partial charge in [0.15, 0.2) is 18.2 Å². The molecule has 0 aliphatic carbocycles. The molecule has 1 aliphatic rings. The van der Waals surface area contributed by atoms with E-state index in [-0.39, 0.29) is 11.7 Å². The molecule has 1 aromatic heterocycles. The average molecular weight is 323 g/mol. The van der Waals surface area contributed by atoms with Crippen LogP contribution in [0.3, 0.4) is 0 Å². The summed E-state index contributed by atoms with van der Waals surface area (Å²) >= 11 is 0. The van der Waals surface area contributed by atoms with Crippen LogP contribution in [0.2, 0.25) is 0 Å². The number of fused-ring (bicyclic) bond motifs is 1. The van der Waals surface area contributed by atoms with Crippen molar-refractivity contribution in [3.8, 4) is 0 Å². The van der Waals surface area contributed by atoms with Crippen LogP contribution in [-0.2, 0) is 17.8 Å². The lowest BCUT2D eigenvalue weighted by molar-refractivity contribution is -0.697. The zero-order valence-electron chi connectivity index (χ0n) is 14.1. The molecule has 4 nitrogen and oxygen atoms in total. The summed E-state index contributed by atoms with van der Waals surface area (Å²) in [4.78, 5) is 25.8. The molecule has 0 fully saturated rings. The Morgan fingerprint density at radius 2 is 1.92 bits per heavy atom. The first-order valence-corrected chi connectivity index (χ1v) is 8.53. The van der Waals surface area contributed by atoms with E-state index in [0.717, 1.165) is 49.2 Å². The van der Waals surface area contributed by atoms with Gasteiger partial charge in [0, 0.05) is 42.8 Å². The van der Waals surface area contributed by atoms with E-state index in [1.165, 1.54) is 0 Å². The van der Waals surface area contributed by atoms with E-state index in [4.69, 9.17) is 0 Å². The number of hydrogen-bond donors (Lipinski definition) is 0. The molecular weight excluding hydrogens is 300 g/mol. The molecule has 0 atom stereocenters. The minimum absolute atomic E-state index is 0.0704. The third-order valence-corrected chi connectivity index (χ3v) is 4.52. The van der Waals surface area contributed by atoms with Crippen LogP contribution in [0.1, 0.15) is 42.1 Å². The van der Waals surface area contributed by atoms with Crippen molar-refractivity contribution in [3.05, 3.63) is 59.9 Å². The Balaban J connectivity index is 1.53. The molecule has 1 aromatic carbocycles. The van der Waals surface area contributed by atoms with Crippen molar-refractivity contribution in [1.82, 2.24) is 0 Å². The maximum atomic E-state index is 12.5. The molecule has 24 heavy (non-hydrogen) atoms. The zero-order chi connectivity index (χ0) is 16.9. The van der Waals surface area contributed by atoms with Gasteiger partial charge in [0.2, 0.25) is 5.91 Å². The van der Waals surface area contributed by atoms with Crippen molar-refractivity contribution in [2.75, 3.05) is 11.4 Å². The molecule has 0 radical (unpaired) electrons. The Bertz CT molecular complexity index is 741. The van der Waals surface area contributed by atoms with Gasteiger partial charge in [0.1, 0.15) is 6.54 Å². The highest BCUT2D eigenvalue weighted by Gasteiger charge is 2.24. The second-order valence-corrected chi connectivity index (χ2v) is 6.27. The third-order valence-electron chi connectivity index (χ3n) is 4.52. The molecule has 3 rings (SSSR count). The van der Waals surface area contributed by atoms with Gasteiger partial charge in [-0.1, -0.05) is 6.07 Å². The summed E-state index contributed by atoms with van der Waals surface area (Å²) in [5.74, 6) is 0.253. The quantitative estimate of drug-likeness (QED) is 0.466. The summed E-state index contributed by atoms with van der Waals surface area (Å²) in [5.41, 5.74) is 2.81. The number of pyridine rings is 1. The van der Waals surface area contributed by atoms with Gasteiger partial charge >= 0.3 is 0 Å². The fraction of sp³-hybridized carbons (Fsp3) is 0.350. The standard InChI is InChI=1S/C20H23N2O2/c1-16(23)17-8-9-19-18(15-17)10-14-22(19)20(24)7-3-6-13-21-11-4-2-5-12-21/h2,4-5,8-9,11-12,15H,3,6-7,10,13-14H2,1H3/q+1. The summed E-state index contributed by atoms with van der Waals surface area (Å²) < 4.78 is 2.14. The minimum Gasteiger partial charge on any atom is -0.312 e. The van der Waals surface area contributed by atoms with Crippen LogP contribution in [0.25, 0.3) is 0 Å². The first-order valence-electron chi connectivity index (χ1n) is 8.53. The van der Waals surface area contributed by atoms with Gasteiger partial charge in [-0.3, -0.25) is 9.59 Å². The van der Waals surface area contributed by atoms with Crippen LogP contribution in [0, 0.1) is 0 Å².